The highest BCUT2D eigenvalue weighted by Gasteiger charge is 2.11. The highest BCUT2D eigenvalue weighted by molar-refractivity contribution is 7.98. The van der Waals surface area contributed by atoms with E-state index in [1.807, 2.05) is 23.9 Å². The molecule has 0 spiro atoms. The molecule has 1 aliphatic rings. The average molecular weight is 383 g/mol. The summed E-state index contributed by atoms with van der Waals surface area (Å²) in [5.74, 6) is 1.93. The fraction of sp³-hybridized carbons (Fsp3) is 0.435. The van der Waals surface area contributed by atoms with Gasteiger partial charge in [-0.3, -0.25) is 9.69 Å². The molecule has 0 saturated carbocycles. The highest BCUT2D eigenvalue weighted by Crippen LogP contribution is 2.14. The summed E-state index contributed by atoms with van der Waals surface area (Å²) < 4.78 is 0. The second kappa shape index (κ2) is 10.5. The van der Waals surface area contributed by atoms with Crippen LogP contribution in [0.3, 0.4) is 0 Å². The number of benzene rings is 2. The maximum atomic E-state index is 12.3. The quantitative estimate of drug-likeness (QED) is 0.675. The number of rotatable bonds is 8. The molecule has 2 aromatic carbocycles. The van der Waals surface area contributed by atoms with Gasteiger partial charge in [-0.05, 0) is 56.1 Å². The van der Waals surface area contributed by atoms with Gasteiger partial charge in [-0.2, -0.15) is 11.8 Å². The predicted octanol–water partition coefficient (Wildman–Crippen LogP) is 4.64. The number of aryl methyl sites for hydroxylation is 1. The van der Waals surface area contributed by atoms with Crippen molar-refractivity contribution in [1.29, 1.82) is 0 Å². The number of piperidine rings is 1. The van der Waals surface area contributed by atoms with E-state index in [4.69, 9.17) is 0 Å². The van der Waals surface area contributed by atoms with Crippen LogP contribution in [-0.4, -0.2) is 36.2 Å². The van der Waals surface area contributed by atoms with E-state index < -0.39 is 0 Å². The number of thioether (sulfide) groups is 1. The Morgan fingerprint density at radius 1 is 0.963 bits per heavy atom. The van der Waals surface area contributed by atoms with Crippen molar-refractivity contribution in [2.75, 3.05) is 25.4 Å². The fourth-order valence-corrected chi connectivity index (χ4v) is 4.17. The summed E-state index contributed by atoms with van der Waals surface area (Å²) in [5.41, 5.74) is 4.67. The second-order valence-corrected chi connectivity index (χ2v) is 8.43. The number of hydrogen-bond donors (Lipinski definition) is 1. The van der Waals surface area contributed by atoms with Gasteiger partial charge < -0.3 is 5.32 Å². The van der Waals surface area contributed by atoms with E-state index in [0.29, 0.717) is 6.54 Å². The number of nitrogens with one attached hydrogen (secondary N) is 1. The summed E-state index contributed by atoms with van der Waals surface area (Å²) in [6, 6.07) is 16.7. The van der Waals surface area contributed by atoms with Crippen molar-refractivity contribution in [3.63, 3.8) is 0 Å². The lowest BCUT2D eigenvalue weighted by Crippen LogP contribution is -2.29. The molecule has 0 aliphatic carbocycles. The van der Waals surface area contributed by atoms with Crippen LogP contribution >= 0.6 is 11.8 Å². The van der Waals surface area contributed by atoms with E-state index in [2.05, 4.69) is 53.5 Å². The van der Waals surface area contributed by atoms with Gasteiger partial charge in [0.1, 0.15) is 0 Å². The van der Waals surface area contributed by atoms with Gasteiger partial charge in [0.25, 0.3) is 5.91 Å². The number of hydrogen-bond acceptors (Lipinski definition) is 3. The molecule has 3 rings (SSSR count). The van der Waals surface area contributed by atoms with Gasteiger partial charge in [-0.1, -0.05) is 48.4 Å². The fourth-order valence-electron chi connectivity index (χ4n) is 3.35. The first-order valence-corrected chi connectivity index (χ1v) is 11.1. The predicted molar refractivity (Wildman–Crippen MR) is 115 cm³/mol. The minimum atomic E-state index is 0.0236. The van der Waals surface area contributed by atoms with Crippen molar-refractivity contribution < 1.29 is 4.79 Å². The molecule has 2 aromatic rings. The lowest BCUT2D eigenvalue weighted by atomic mass is 10.1. The molecule has 144 valence electrons. The molecule has 1 fully saturated rings. The van der Waals surface area contributed by atoms with E-state index in [-0.39, 0.29) is 5.91 Å². The summed E-state index contributed by atoms with van der Waals surface area (Å²) in [5, 5.41) is 3.02. The Hall–Kier alpha value is -1.78. The van der Waals surface area contributed by atoms with Crippen LogP contribution in [0.25, 0.3) is 0 Å². The van der Waals surface area contributed by atoms with Crippen molar-refractivity contribution in [3.8, 4) is 0 Å². The molecular weight excluding hydrogens is 352 g/mol. The molecule has 0 atom stereocenters. The summed E-state index contributed by atoms with van der Waals surface area (Å²) >= 11 is 1.85. The molecule has 3 nitrogen and oxygen atoms in total. The molecule has 0 aromatic heterocycles. The van der Waals surface area contributed by atoms with Crippen molar-refractivity contribution in [3.05, 3.63) is 70.8 Å². The first-order valence-electron chi connectivity index (χ1n) is 9.93. The zero-order valence-electron chi connectivity index (χ0n) is 16.2. The Morgan fingerprint density at radius 2 is 1.63 bits per heavy atom. The second-order valence-electron chi connectivity index (χ2n) is 7.33. The van der Waals surface area contributed by atoms with Gasteiger partial charge in [0, 0.05) is 30.2 Å². The first-order chi connectivity index (χ1) is 13.2. The van der Waals surface area contributed by atoms with Crippen LogP contribution in [0.15, 0.2) is 48.5 Å². The molecule has 1 N–H and O–H groups in total. The normalized spacial score (nSPS) is 14.9. The van der Waals surface area contributed by atoms with E-state index in [0.717, 1.165) is 23.6 Å². The van der Waals surface area contributed by atoms with E-state index >= 15 is 0 Å². The zero-order valence-corrected chi connectivity index (χ0v) is 17.1. The minimum absolute atomic E-state index is 0.0236. The van der Waals surface area contributed by atoms with E-state index in [1.54, 1.807) is 0 Å². The van der Waals surface area contributed by atoms with Crippen molar-refractivity contribution >= 4 is 17.7 Å². The van der Waals surface area contributed by atoms with Crippen LogP contribution in [0.1, 0.15) is 46.3 Å². The van der Waals surface area contributed by atoms with Crippen LogP contribution in [0.2, 0.25) is 0 Å². The highest BCUT2D eigenvalue weighted by atomic mass is 32.2. The molecule has 1 saturated heterocycles. The molecule has 1 amide bonds. The molecule has 4 heteroatoms. The van der Waals surface area contributed by atoms with Crippen molar-refractivity contribution in [2.24, 2.45) is 0 Å². The Morgan fingerprint density at radius 3 is 2.33 bits per heavy atom. The van der Waals surface area contributed by atoms with Gasteiger partial charge in [0.2, 0.25) is 0 Å². The number of carbonyl (C=O) groups excluding carboxylic acids is 1. The largest absolute Gasteiger partial charge is 0.351 e. The van der Waals surface area contributed by atoms with Gasteiger partial charge in [-0.15, -0.1) is 0 Å². The number of nitrogens with zero attached hydrogens (tertiary/aromatic N) is 1. The van der Waals surface area contributed by atoms with Crippen LogP contribution in [-0.2, 0) is 12.3 Å². The Labute approximate surface area is 167 Å². The average Bonchev–Trinajstić information content (AvgIpc) is 2.70. The Kier molecular flexibility index (Phi) is 7.79. The minimum Gasteiger partial charge on any atom is -0.351 e. The molecule has 0 radical (unpaired) electrons. The van der Waals surface area contributed by atoms with Crippen LogP contribution < -0.4 is 5.32 Å². The zero-order chi connectivity index (χ0) is 18.9. The molecule has 1 heterocycles. The smallest absolute Gasteiger partial charge is 0.251 e. The lowest BCUT2D eigenvalue weighted by Gasteiger charge is -2.26. The SMILES string of the molecule is Cc1ccc(CSCCNC(=O)c2ccc(CN3CCCCC3)cc2)cc1. The monoisotopic (exact) mass is 382 g/mol. The third kappa shape index (κ3) is 6.71. The lowest BCUT2D eigenvalue weighted by molar-refractivity contribution is 0.0956. The maximum Gasteiger partial charge on any atom is 0.251 e. The standard InChI is InChI=1S/C23H30N2OS/c1-19-5-7-21(8-6-19)18-27-16-13-24-23(26)22-11-9-20(10-12-22)17-25-14-3-2-4-15-25/h5-12H,2-4,13-18H2,1H3,(H,24,26). The van der Waals surface area contributed by atoms with Crippen molar-refractivity contribution in [2.45, 2.75) is 38.5 Å². The van der Waals surface area contributed by atoms with E-state index in [1.165, 1.54) is 49.0 Å². The molecular formula is C23H30N2OS. The van der Waals surface area contributed by atoms with Crippen LogP contribution in [0, 0.1) is 6.92 Å². The van der Waals surface area contributed by atoms with Gasteiger partial charge in [-0.25, -0.2) is 0 Å². The molecule has 0 unspecified atom stereocenters. The summed E-state index contributed by atoms with van der Waals surface area (Å²) in [6.45, 7) is 6.19. The Bertz CT molecular complexity index is 706. The summed E-state index contributed by atoms with van der Waals surface area (Å²) in [7, 11) is 0. The molecule has 1 aliphatic heterocycles. The van der Waals surface area contributed by atoms with Gasteiger partial charge in [0.05, 0.1) is 0 Å². The third-order valence-corrected chi connectivity index (χ3v) is 6.02. The van der Waals surface area contributed by atoms with Gasteiger partial charge >= 0.3 is 0 Å². The third-order valence-electron chi connectivity index (χ3n) is 4.99. The number of amides is 1. The molecule has 27 heavy (non-hydrogen) atoms. The van der Waals surface area contributed by atoms with Crippen molar-refractivity contribution in [1.82, 2.24) is 10.2 Å². The number of carbonyl (C=O) groups is 1. The summed E-state index contributed by atoms with van der Waals surface area (Å²) in [6.07, 6.45) is 3.98. The van der Waals surface area contributed by atoms with Gasteiger partial charge in [0.15, 0.2) is 0 Å². The summed E-state index contributed by atoms with van der Waals surface area (Å²) in [4.78, 5) is 14.8. The first kappa shape index (κ1) is 20.0. The topological polar surface area (TPSA) is 32.3 Å². The van der Waals surface area contributed by atoms with Crippen LogP contribution in [0.4, 0.5) is 0 Å². The number of likely N-dealkylation sites (tertiary alicyclic amines) is 1. The Balaban J connectivity index is 1.35. The van der Waals surface area contributed by atoms with E-state index in [9.17, 15) is 4.79 Å². The maximum absolute atomic E-state index is 12.3. The van der Waals surface area contributed by atoms with Crippen LogP contribution in [0.5, 0.6) is 0 Å². The molecule has 0 bridgehead atoms.